The van der Waals surface area contributed by atoms with E-state index in [0.29, 0.717) is 25.1 Å². The molecule has 2 fully saturated rings. The second-order valence-corrected chi connectivity index (χ2v) is 10.6. The quantitative estimate of drug-likeness (QED) is 0.329. The Bertz CT molecular complexity index is 1590. The lowest BCUT2D eigenvalue weighted by atomic mass is 9.93. The molecule has 0 unspecified atom stereocenters. The van der Waals surface area contributed by atoms with E-state index in [2.05, 4.69) is 37.2 Å². The first-order chi connectivity index (χ1) is 19.1. The zero-order chi connectivity index (χ0) is 26.3. The summed E-state index contributed by atoms with van der Waals surface area (Å²) in [6.45, 7) is 7.85. The largest absolute Gasteiger partial charge is 0.378 e. The van der Waals surface area contributed by atoms with Gasteiger partial charge in [-0.15, -0.1) is 0 Å². The summed E-state index contributed by atoms with van der Waals surface area (Å²) in [6, 6.07) is 10.1. The first-order valence-corrected chi connectivity index (χ1v) is 13.8. The molecule has 1 aromatic carbocycles. The smallest absolute Gasteiger partial charge is 0.239 e. The van der Waals surface area contributed by atoms with Crippen molar-refractivity contribution in [2.75, 3.05) is 44.3 Å². The second-order valence-electron chi connectivity index (χ2n) is 10.6. The van der Waals surface area contributed by atoms with Gasteiger partial charge in [0.25, 0.3) is 0 Å². The van der Waals surface area contributed by atoms with Crippen molar-refractivity contribution in [2.24, 2.45) is 13.0 Å². The molecule has 202 valence electrons. The summed E-state index contributed by atoms with van der Waals surface area (Å²) >= 11 is 0. The van der Waals surface area contributed by atoms with Gasteiger partial charge in [0.1, 0.15) is 11.6 Å². The highest BCUT2D eigenvalue weighted by Gasteiger charge is 2.26. The third kappa shape index (κ3) is 4.55. The number of imidazole rings is 2. The number of aromatic nitrogens is 7. The monoisotopic (exact) mass is 527 g/mol. The summed E-state index contributed by atoms with van der Waals surface area (Å²) in [7, 11) is 2.09. The van der Waals surface area contributed by atoms with Crippen LogP contribution < -0.4 is 4.90 Å². The van der Waals surface area contributed by atoms with Gasteiger partial charge >= 0.3 is 0 Å². The number of fused-ring (bicyclic) bond motifs is 2. The first-order valence-electron chi connectivity index (χ1n) is 13.8. The molecule has 11 nitrogen and oxygen atoms in total. The molecule has 6 heterocycles. The Morgan fingerprint density at radius 1 is 0.949 bits per heavy atom. The Labute approximate surface area is 226 Å². The van der Waals surface area contributed by atoms with E-state index in [0.717, 1.165) is 97.4 Å². The highest BCUT2D eigenvalue weighted by Crippen LogP contribution is 2.30. The van der Waals surface area contributed by atoms with Crippen LogP contribution in [0.5, 0.6) is 0 Å². The molecule has 11 heteroatoms. The number of ether oxygens (including phenoxy) is 1. The Hall–Kier alpha value is -3.83. The third-order valence-electron chi connectivity index (χ3n) is 8.07. The number of piperidine rings is 1. The Kier molecular flexibility index (Phi) is 6.24. The molecule has 39 heavy (non-hydrogen) atoms. The van der Waals surface area contributed by atoms with Gasteiger partial charge in [0.05, 0.1) is 37.0 Å². The van der Waals surface area contributed by atoms with Crippen molar-refractivity contribution in [3.63, 3.8) is 0 Å². The first kappa shape index (κ1) is 24.2. The summed E-state index contributed by atoms with van der Waals surface area (Å²) < 4.78 is 15.2. The van der Waals surface area contributed by atoms with Crippen LogP contribution in [-0.4, -0.2) is 78.5 Å². The van der Waals surface area contributed by atoms with E-state index in [-0.39, 0.29) is 0 Å². The van der Waals surface area contributed by atoms with Crippen LogP contribution in [0, 0.1) is 12.8 Å². The van der Waals surface area contributed by atoms with Gasteiger partial charge in [0, 0.05) is 32.6 Å². The number of rotatable bonds is 6. The van der Waals surface area contributed by atoms with Gasteiger partial charge < -0.3 is 18.7 Å². The van der Waals surface area contributed by atoms with Crippen LogP contribution in [0.3, 0.4) is 0 Å². The standard InChI is InChI=1S/C28H33N9O2/c1-19-30-22-5-3-4-6-23(22)37(19)28-32-26-25(27(33-28)36-13-15-38-16-14-36)31-24(34(26)2)17-20-8-11-35(12-9-20)18-21-7-10-29-39-21/h3-7,10,20H,8-9,11-18H2,1-2H3. The minimum atomic E-state index is 0.575. The van der Waals surface area contributed by atoms with Crippen LogP contribution in [0.1, 0.15) is 30.3 Å². The molecule has 0 aliphatic carbocycles. The van der Waals surface area contributed by atoms with Crippen LogP contribution in [0.15, 0.2) is 41.1 Å². The second kappa shape index (κ2) is 10.0. The van der Waals surface area contributed by atoms with Crippen molar-refractivity contribution < 1.29 is 9.26 Å². The number of anilines is 1. The molecule has 2 saturated heterocycles. The van der Waals surface area contributed by atoms with E-state index >= 15 is 0 Å². The van der Waals surface area contributed by atoms with Crippen LogP contribution in [0.4, 0.5) is 5.82 Å². The lowest BCUT2D eigenvalue weighted by molar-refractivity contribution is 0.122. The fourth-order valence-corrected chi connectivity index (χ4v) is 5.91. The van der Waals surface area contributed by atoms with Crippen LogP contribution >= 0.6 is 0 Å². The number of morpholine rings is 1. The summed E-state index contributed by atoms with van der Waals surface area (Å²) in [5, 5.41) is 3.83. The number of likely N-dealkylation sites (tertiary alicyclic amines) is 1. The molecule has 0 bridgehead atoms. The zero-order valence-corrected chi connectivity index (χ0v) is 22.5. The predicted molar refractivity (Wildman–Crippen MR) is 147 cm³/mol. The van der Waals surface area contributed by atoms with Gasteiger partial charge in [-0.1, -0.05) is 17.3 Å². The predicted octanol–water partition coefficient (Wildman–Crippen LogP) is 3.29. The summed E-state index contributed by atoms with van der Waals surface area (Å²) in [6.07, 6.45) is 4.90. The zero-order valence-electron chi connectivity index (χ0n) is 22.5. The van der Waals surface area contributed by atoms with Crippen molar-refractivity contribution in [3.8, 4) is 5.95 Å². The molecule has 5 aromatic rings. The van der Waals surface area contributed by atoms with Crippen LogP contribution in [0.2, 0.25) is 0 Å². The minimum Gasteiger partial charge on any atom is -0.378 e. The lowest BCUT2D eigenvalue weighted by Crippen LogP contribution is -2.37. The molecule has 0 atom stereocenters. The Morgan fingerprint density at radius 3 is 2.56 bits per heavy atom. The normalized spacial score (nSPS) is 17.5. The van der Waals surface area contributed by atoms with Crippen LogP contribution in [0.25, 0.3) is 28.1 Å². The lowest BCUT2D eigenvalue weighted by Gasteiger charge is -2.31. The number of aryl methyl sites for hydroxylation is 2. The fraction of sp³-hybridized carbons (Fsp3) is 0.464. The van der Waals surface area contributed by atoms with Gasteiger partial charge in [-0.2, -0.15) is 9.97 Å². The van der Waals surface area contributed by atoms with Gasteiger partial charge in [-0.3, -0.25) is 9.47 Å². The van der Waals surface area contributed by atoms with Crippen molar-refractivity contribution in [1.82, 2.24) is 39.1 Å². The number of hydrogen-bond donors (Lipinski definition) is 0. The van der Waals surface area contributed by atoms with Gasteiger partial charge in [0.15, 0.2) is 22.7 Å². The molecular weight excluding hydrogens is 494 g/mol. The average Bonchev–Trinajstić information content (AvgIpc) is 3.67. The van der Waals surface area contributed by atoms with Gasteiger partial charge in [-0.05, 0) is 50.9 Å². The number of hydrogen-bond acceptors (Lipinski definition) is 9. The van der Waals surface area contributed by atoms with E-state index in [9.17, 15) is 0 Å². The van der Waals surface area contributed by atoms with Crippen molar-refractivity contribution in [2.45, 2.75) is 32.7 Å². The number of nitrogens with zero attached hydrogens (tertiary/aromatic N) is 9. The summed E-state index contributed by atoms with van der Waals surface area (Å²) in [5.41, 5.74) is 3.66. The Balaban J connectivity index is 1.22. The number of benzene rings is 1. The van der Waals surface area contributed by atoms with Crippen molar-refractivity contribution >= 4 is 28.0 Å². The highest BCUT2D eigenvalue weighted by molar-refractivity contribution is 5.86. The molecule has 0 amide bonds. The molecule has 4 aromatic heterocycles. The summed E-state index contributed by atoms with van der Waals surface area (Å²) in [5.74, 6) is 4.93. The van der Waals surface area contributed by atoms with E-state index < -0.39 is 0 Å². The van der Waals surface area contributed by atoms with E-state index in [1.165, 1.54) is 0 Å². The third-order valence-corrected chi connectivity index (χ3v) is 8.07. The van der Waals surface area contributed by atoms with Gasteiger partial charge in [0.2, 0.25) is 5.95 Å². The topological polar surface area (TPSA) is 103 Å². The molecular formula is C28H33N9O2. The van der Waals surface area contributed by atoms with E-state index in [1.54, 1.807) is 6.20 Å². The molecule has 0 saturated carbocycles. The van der Waals surface area contributed by atoms with Crippen LogP contribution in [-0.2, 0) is 24.8 Å². The average molecular weight is 528 g/mol. The number of para-hydroxylation sites is 2. The van der Waals surface area contributed by atoms with E-state index in [1.807, 2.05) is 31.2 Å². The maximum Gasteiger partial charge on any atom is 0.239 e. The Morgan fingerprint density at radius 2 is 1.77 bits per heavy atom. The molecule has 0 N–H and O–H groups in total. The SMILES string of the molecule is Cc1nc2ccccc2n1-c1nc(N2CCOCC2)c2nc(CC3CCN(Cc4ccno4)CC3)n(C)c2n1. The molecule has 2 aliphatic rings. The molecule has 0 radical (unpaired) electrons. The minimum absolute atomic E-state index is 0.575. The fourth-order valence-electron chi connectivity index (χ4n) is 5.91. The summed E-state index contributed by atoms with van der Waals surface area (Å²) in [4.78, 5) is 24.8. The molecule has 0 spiro atoms. The maximum atomic E-state index is 5.64. The molecule has 2 aliphatic heterocycles. The van der Waals surface area contributed by atoms with Gasteiger partial charge in [-0.25, -0.2) is 9.97 Å². The maximum absolute atomic E-state index is 5.64. The van der Waals surface area contributed by atoms with Crippen molar-refractivity contribution in [1.29, 1.82) is 0 Å². The van der Waals surface area contributed by atoms with Crippen molar-refractivity contribution in [3.05, 3.63) is 53.9 Å². The molecule has 7 rings (SSSR count). The highest BCUT2D eigenvalue weighted by atomic mass is 16.5. The van der Waals surface area contributed by atoms with E-state index in [4.69, 9.17) is 29.2 Å².